The molecule has 0 amide bonds. The highest BCUT2D eigenvalue weighted by Crippen LogP contribution is 2.36. The van der Waals surface area contributed by atoms with Gasteiger partial charge in [0, 0.05) is 12.6 Å². The zero-order chi connectivity index (χ0) is 14.1. The summed E-state index contributed by atoms with van der Waals surface area (Å²) in [6.45, 7) is 14.5. The third-order valence-corrected chi connectivity index (χ3v) is 5.22. The van der Waals surface area contributed by atoms with E-state index in [1.165, 1.54) is 71.1 Å². The van der Waals surface area contributed by atoms with Gasteiger partial charge in [0.25, 0.3) is 0 Å². The lowest BCUT2D eigenvalue weighted by atomic mass is 9.82. The van der Waals surface area contributed by atoms with Gasteiger partial charge in [0.2, 0.25) is 0 Å². The Hall–Kier alpha value is -0.0800. The molecule has 0 aliphatic carbocycles. The van der Waals surface area contributed by atoms with Crippen molar-refractivity contribution in [1.29, 1.82) is 0 Å². The van der Waals surface area contributed by atoms with Crippen LogP contribution in [0.25, 0.3) is 0 Å². The van der Waals surface area contributed by atoms with Gasteiger partial charge in [-0.2, -0.15) is 0 Å². The first-order valence-corrected chi connectivity index (χ1v) is 8.65. The van der Waals surface area contributed by atoms with Gasteiger partial charge in [0.1, 0.15) is 0 Å². The molecule has 1 fully saturated rings. The van der Waals surface area contributed by atoms with E-state index in [4.69, 9.17) is 0 Å². The molecular formula is C17H36N2. The molecule has 2 heteroatoms. The lowest BCUT2D eigenvalue weighted by Gasteiger charge is -2.26. The molecule has 1 atom stereocenters. The van der Waals surface area contributed by atoms with E-state index in [1.54, 1.807) is 0 Å². The minimum Gasteiger partial charge on any atom is -0.314 e. The van der Waals surface area contributed by atoms with E-state index in [0.29, 0.717) is 5.41 Å². The van der Waals surface area contributed by atoms with Crippen LogP contribution in [0.3, 0.4) is 0 Å². The van der Waals surface area contributed by atoms with Gasteiger partial charge in [-0.15, -0.1) is 0 Å². The molecule has 0 radical (unpaired) electrons. The van der Waals surface area contributed by atoms with Crippen LogP contribution >= 0.6 is 0 Å². The van der Waals surface area contributed by atoms with Gasteiger partial charge in [-0.1, -0.05) is 27.7 Å². The van der Waals surface area contributed by atoms with Gasteiger partial charge in [-0.05, 0) is 70.0 Å². The Balaban J connectivity index is 2.19. The number of nitrogens with zero attached hydrogens (tertiary/aromatic N) is 1. The second kappa shape index (κ2) is 8.97. The van der Waals surface area contributed by atoms with Crippen molar-refractivity contribution in [3.05, 3.63) is 0 Å². The minimum atomic E-state index is 0.643. The molecule has 0 aromatic heterocycles. The normalized spacial score (nSPS) is 20.8. The summed E-state index contributed by atoms with van der Waals surface area (Å²) in [6, 6.07) is 0.740. The lowest BCUT2D eigenvalue weighted by molar-refractivity contribution is 0.235. The molecule has 2 nitrogen and oxygen atoms in total. The molecule has 1 unspecified atom stereocenters. The Bertz CT molecular complexity index is 223. The molecule has 1 rings (SSSR count). The Labute approximate surface area is 121 Å². The van der Waals surface area contributed by atoms with Crippen molar-refractivity contribution in [2.24, 2.45) is 5.41 Å². The van der Waals surface area contributed by atoms with Gasteiger partial charge < -0.3 is 10.2 Å². The standard InChI is InChI=1S/C17H36N2/c1-5-12-18-16(6-2)10-9-13-19-14-11-17(7-3,8-4)15-19/h16,18H,5-15H2,1-4H3. The van der Waals surface area contributed by atoms with Crippen molar-refractivity contribution in [2.45, 2.75) is 78.7 Å². The molecular weight excluding hydrogens is 232 g/mol. The van der Waals surface area contributed by atoms with Gasteiger partial charge >= 0.3 is 0 Å². The van der Waals surface area contributed by atoms with E-state index >= 15 is 0 Å². The van der Waals surface area contributed by atoms with Crippen molar-refractivity contribution in [3.8, 4) is 0 Å². The van der Waals surface area contributed by atoms with E-state index in [1.807, 2.05) is 0 Å². The summed E-state index contributed by atoms with van der Waals surface area (Å²) < 4.78 is 0. The molecule has 0 spiro atoms. The highest BCUT2D eigenvalue weighted by Gasteiger charge is 2.34. The van der Waals surface area contributed by atoms with Crippen molar-refractivity contribution in [1.82, 2.24) is 10.2 Å². The molecule has 1 saturated heterocycles. The van der Waals surface area contributed by atoms with E-state index in [9.17, 15) is 0 Å². The van der Waals surface area contributed by atoms with Gasteiger partial charge in [-0.25, -0.2) is 0 Å². The average molecular weight is 268 g/mol. The van der Waals surface area contributed by atoms with Crippen LogP contribution in [-0.4, -0.2) is 37.1 Å². The summed E-state index contributed by atoms with van der Waals surface area (Å²) in [5, 5.41) is 3.66. The molecule has 0 aromatic rings. The van der Waals surface area contributed by atoms with Crippen molar-refractivity contribution in [3.63, 3.8) is 0 Å². The summed E-state index contributed by atoms with van der Waals surface area (Å²) in [5.74, 6) is 0. The zero-order valence-electron chi connectivity index (χ0n) is 13.8. The fourth-order valence-corrected chi connectivity index (χ4v) is 3.41. The second-order valence-electron chi connectivity index (χ2n) is 6.43. The molecule has 0 bridgehead atoms. The first kappa shape index (κ1) is 17.0. The summed E-state index contributed by atoms with van der Waals surface area (Å²) >= 11 is 0. The predicted octanol–water partition coefficient (Wildman–Crippen LogP) is 4.06. The molecule has 1 aliphatic rings. The van der Waals surface area contributed by atoms with Crippen LogP contribution in [0.5, 0.6) is 0 Å². The largest absolute Gasteiger partial charge is 0.314 e. The third kappa shape index (κ3) is 5.43. The molecule has 0 saturated carbocycles. The van der Waals surface area contributed by atoms with Gasteiger partial charge in [0.05, 0.1) is 0 Å². The molecule has 1 N–H and O–H groups in total. The smallest absolute Gasteiger partial charge is 0.00649 e. The van der Waals surface area contributed by atoms with Crippen LogP contribution in [-0.2, 0) is 0 Å². The molecule has 1 heterocycles. The minimum absolute atomic E-state index is 0.643. The molecule has 19 heavy (non-hydrogen) atoms. The quantitative estimate of drug-likeness (QED) is 0.643. The number of rotatable bonds is 10. The highest BCUT2D eigenvalue weighted by molar-refractivity contribution is 4.87. The highest BCUT2D eigenvalue weighted by atomic mass is 15.2. The number of likely N-dealkylation sites (tertiary alicyclic amines) is 1. The first-order valence-electron chi connectivity index (χ1n) is 8.65. The summed E-state index contributed by atoms with van der Waals surface area (Å²) in [7, 11) is 0. The zero-order valence-corrected chi connectivity index (χ0v) is 13.8. The average Bonchev–Trinajstić information content (AvgIpc) is 2.87. The van der Waals surface area contributed by atoms with Crippen molar-refractivity contribution >= 4 is 0 Å². The van der Waals surface area contributed by atoms with Crippen LogP contribution < -0.4 is 5.32 Å². The van der Waals surface area contributed by atoms with Gasteiger partial charge in [-0.3, -0.25) is 0 Å². The van der Waals surface area contributed by atoms with E-state index in [2.05, 4.69) is 37.9 Å². The Morgan fingerprint density at radius 1 is 1.16 bits per heavy atom. The SMILES string of the molecule is CCCNC(CC)CCCN1CCC(CC)(CC)C1. The van der Waals surface area contributed by atoms with E-state index < -0.39 is 0 Å². The lowest BCUT2D eigenvalue weighted by Crippen LogP contribution is -2.31. The molecule has 0 aromatic carbocycles. The van der Waals surface area contributed by atoms with E-state index in [0.717, 1.165) is 6.04 Å². The topological polar surface area (TPSA) is 15.3 Å². The van der Waals surface area contributed by atoms with Crippen LogP contribution in [0.15, 0.2) is 0 Å². The summed E-state index contributed by atoms with van der Waals surface area (Å²) in [4.78, 5) is 2.71. The fourth-order valence-electron chi connectivity index (χ4n) is 3.41. The van der Waals surface area contributed by atoms with E-state index in [-0.39, 0.29) is 0 Å². The molecule has 1 aliphatic heterocycles. The summed E-state index contributed by atoms with van der Waals surface area (Å²) in [5.41, 5.74) is 0.643. The Morgan fingerprint density at radius 2 is 1.89 bits per heavy atom. The number of hydrogen-bond acceptors (Lipinski definition) is 2. The van der Waals surface area contributed by atoms with Crippen LogP contribution in [0.1, 0.15) is 72.6 Å². The monoisotopic (exact) mass is 268 g/mol. The maximum Gasteiger partial charge on any atom is 0.00649 e. The maximum absolute atomic E-state index is 3.66. The number of nitrogens with one attached hydrogen (secondary N) is 1. The maximum atomic E-state index is 3.66. The van der Waals surface area contributed by atoms with Crippen molar-refractivity contribution < 1.29 is 0 Å². The third-order valence-electron chi connectivity index (χ3n) is 5.22. The first-order chi connectivity index (χ1) is 9.19. The number of hydrogen-bond donors (Lipinski definition) is 1. The Morgan fingerprint density at radius 3 is 2.42 bits per heavy atom. The van der Waals surface area contributed by atoms with Gasteiger partial charge in [0.15, 0.2) is 0 Å². The van der Waals surface area contributed by atoms with Crippen molar-refractivity contribution in [2.75, 3.05) is 26.2 Å². The Kier molecular flexibility index (Phi) is 8.01. The van der Waals surface area contributed by atoms with Crippen LogP contribution in [0.2, 0.25) is 0 Å². The summed E-state index contributed by atoms with van der Waals surface area (Å²) in [6.07, 6.45) is 9.36. The van der Waals surface area contributed by atoms with Crippen LogP contribution in [0.4, 0.5) is 0 Å². The molecule has 114 valence electrons. The fraction of sp³-hybridized carbons (Fsp3) is 1.00. The van der Waals surface area contributed by atoms with Crippen LogP contribution in [0, 0.1) is 5.41 Å². The predicted molar refractivity (Wildman–Crippen MR) is 85.7 cm³/mol. The second-order valence-corrected chi connectivity index (χ2v) is 6.43.